The Morgan fingerprint density at radius 1 is 1.35 bits per heavy atom. The van der Waals surface area contributed by atoms with Crippen LogP contribution in [0.15, 0.2) is 23.2 Å². The highest BCUT2D eigenvalue weighted by Gasteiger charge is 2.23. The van der Waals surface area contributed by atoms with E-state index in [2.05, 4.69) is 68.4 Å². The minimum Gasteiger partial charge on any atom is -0.379 e. The van der Waals surface area contributed by atoms with Crippen LogP contribution in [-0.2, 0) is 11.3 Å². The Kier molecular flexibility index (Phi) is 10.5. The Bertz CT molecular complexity index is 579. The Labute approximate surface area is 176 Å². The van der Waals surface area contributed by atoms with Gasteiger partial charge in [0.25, 0.3) is 0 Å². The van der Waals surface area contributed by atoms with Gasteiger partial charge in [0, 0.05) is 31.7 Å². The molecule has 2 unspecified atom stereocenters. The summed E-state index contributed by atoms with van der Waals surface area (Å²) in [5, 5.41) is 6.84. The van der Waals surface area contributed by atoms with E-state index < -0.39 is 0 Å². The van der Waals surface area contributed by atoms with E-state index in [0.29, 0.717) is 18.6 Å². The Morgan fingerprint density at radius 2 is 2.12 bits per heavy atom. The first kappa shape index (κ1) is 23.2. The van der Waals surface area contributed by atoms with Gasteiger partial charge < -0.3 is 15.4 Å². The molecule has 1 aromatic rings. The molecule has 1 aliphatic rings. The number of aryl methyl sites for hydroxylation is 2. The highest BCUT2D eigenvalue weighted by Crippen LogP contribution is 2.12. The van der Waals surface area contributed by atoms with Gasteiger partial charge in [0.15, 0.2) is 5.96 Å². The molecule has 2 N–H and O–H groups in total. The number of aliphatic imine (C=N–C) groups is 1. The average molecular weight is 474 g/mol. The number of morpholine rings is 1. The van der Waals surface area contributed by atoms with Gasteiger partial charge in [-0.15, -0.1) is 24.0 Å². The molecule has 26 heavy (non-hydrogen) atoms. The van der Waals surface area contributed by atoms with Crippen LogP contribution in [0.2, 0.25) is 0 Å². The van der Waals surface area contributed by atoms with Gasteiger partial charge >= 0.3 is 0 Å². The number of nitrogens with zero attached hydrogens (tertiary/aromatic N) is 2. The van der Waals surface area contributed by atoms with E-state index in [9.17, 15) is 0 Å². The smallest absolute Gasteiger partial charge is 0.191 e. The van der Waals surface area contributed by atoms with Crippen molar-refractivity contribution in [3.05, 3.63) is 34.9 Å². The molecule has 0 bridgehead atoms. The van der Waals surface area contributed by atoms with Gasteiger partial charge in [0.05, 0.1) is 19.8 Å². The number of guanidine groups is 1. The number of rotatable bonds is 6. The molecular formula is C20H35IN4O. The van der Waals surface area contributed by atoms with Crippen LogP contribution in [0.5, 0.6) is 0 Å². The van der Waals surface area contributed by atoms with E-state index >= 15 is 0 Å². The summed E-state index contributed by atoms with van der Waals surface area (Å²) in [7, 11) is 0. The molecule has 0 radical (unpaired) electrons. The predicted molar refractivity (Wildman–Crippen MR) is 121 cm³/mol. The summed E-state index contributed by atoms with van der Waals surface area (Å²) < 4.78 is 5.54. The molecule has 1 heterocycles. The van der Waals surface area contributed by atoms with Crippen LogP contribution in [0.4, 0.5) is 0 Å². The van der Waals surface area contributed by atoms with E-state index in [1.54, 1.807) is 0 Å². The third-order valence-electron chi connectivity index (χ3n) is 4.80. The molecule has 1 saturated heterocycles. The van der Waals surface area contributed by atoms with Gasteiger partial charge in [-0.3, -0.25) is 4.90 Å². The van der Waals surface area contributed by atoms with Crippen molar-refractivity contribution in [3.63, 3.8) is 0 Å². The normalized spacial score (nSPS) is 19.6. The van der Waals surface area contributed by atoms with Crippen LogP contribution < -0.4 is 10.6 Å². The van der Waals surface area contributed by atoms with E-state index in [0.717, 1.165) is 38.8 Å². The molecule has 0 aliphatic carbocycles. The summed E-state index contributed by atoms with van der Waals surface area (Å²) in [6.07, 6.45) is 0. The van der Waals surface area contributed by atoms with Crippen molar-refractivity contribution in [2.75, 3.05) is 32.8 Å². The summed E-state index contributed by atoms with van der Waals surface area (Å²) in [5.74, 6) is 0.884. The topological polar surface area (TPSA) is 48.9 Å². The SMILES string of the molecule is CCNC(=NCc1ccc(C)cc1C)NCC(C)N1CCOCC1C.I. The first-order chi connectivity index (χ1) is 12.0. The van der Waals surface area contributed by atoms with E-state index in [1.165, 1.54) is 16.7 Å². The minimum atomic E-state index is 0. The predicted octanol–water partition coefficient (Wildman–Crippen LogP) is 3.09. The Hall–Kier alpha value is -0.860. The van der Waals surface area contributed by atoms with Crippen molar-refractivity contribution in [2.45, 2.75) is 53.2 Å². The molecule has 0 amide bonds. The largest absolute Gasteiger partial charge is 0.379 e. The van der Waals surface area contributed by atoms with Gasteiger partial charge in [-0.2, -0.15) is 0 Å². The first-order valence-electron chi connectivity index (χ1n) is 9.43. The molecule has 2 atom stereocenters. The lowest BCUT2D eigenvalue weighted by molar-refractivity contribution is -0.0174. The van der Waals surface area contributed by atoms with E-state index in [-0.39, 0.29) is 24.0 Å². The lowest BCUT2D eigenvalue weighted by atomic mass is 10.1. The average Bonchev–Trinajstić information content (AvgIpc) is 2.58. The van der Waals surface area contributed by atoms with Crippen LogP contribution in [-0.4, -0.2) is 55.8 Å². The highest BCUT2D eigenvalue weighted by molar-refractivity contribution is 14.0. The second-order valence-corrected chi connectivity index (χ2v) is 7.02. The number of ether oxygens (including phenoxy) is 1. The summed E-state index contributed by atoms with van der Waals surface area (Å²) in [5.41, 5.74) is 3.87. The molecular weight excluding hydrogens is 439 g/mol. The van der Waals surface area contributed by atoms with Crippen LogP contribution in [0.3, 0.4) is 0 Å². The fourth-order valence-electron chi connectivity index (χ4n) is 3.29. The molecule has 1 aliphatic heterocycles. The summed E-state index contributed by atoms with van der Waals surface area (Å²) in [6, 6.07) is 7.47. The first-order valence-corrected chi connectivity index (χ1v) is 9.43. The van der Waals surface area contributed by atoms with Crippen LogP contribution in [0.1, 0.15) is 37.5 Å². The number of nitrogens with one attached hydrogen (secondary N) is 2. The zero-order valence-electron chi connectivity index (χ0n) is 16.8. The fraction of sp³-hybridized carbons (Fsp3) is 0.650. The third-order valence-corrected chi connectivity index (χ3v) is 4.80. The fourth-order valence-corrected chi connectivity index (χ4v) is 3.29. The van der Waals surface area contributed by atoms with Gasteiger partial charge in [-0.25, -0.2) is 4.99 Å². The maximum absolute atomic E-state index is 5.54. The van der Waals surface area contributed by atoms with Gasteiger partial charge in [0.1, 0.15) is 0 Å². The van der Waals surface area contributed by atoms with Crippen molar-refractivity contribution in [1.29, 1.82) is 0 Å². The lowest BCUT2D eigenvalue weighted by Gasteiger charge is -2.38. The van der Waals surface area contributed by atoms with Crippen molar-refractivity contribution >= 4 is 29.9 Å². The van der Waals surface area contributed by atoms with Gasteiger partial charge in [-0.05, 0) is 45.7 Å². The van der Waals surface area contributed by atoms with E-state index in [4.69, 9.17) is 9.73 Å². The Balaban J connectivity index is 0.00000338. The number of hydrogen-bond acceptors (Lipinski definition) is 3. The standard InChI is InChI=1S/C20H34N4O.HI/c1-6-21-20(23-13-19-8-7-15(2)11-16(19)3)22-12-17(4)24-9-10-25-14-18(24)5;/h7-8,11,17-18H,6,9-10,12-14H2,1-5H3,(H2,21,22,23);1H. The number of hydrogen-bond donors (Lipinski definition) is 2. The lowest BCUT2D eigenvalue weighted by Crippen LogP contribution is -2.53. The molecule has 5 nitrogen and oxygen atoms in total. The maximum atomic E-state index is 5.54. The van der Waals surface area contributed by atoms with Gasteiger partial charge in [-0.1, -0.05) is 23.8 Å². The molecule has 148 valence electrons. The molecule has 0 saturated carbocycles. The van der Waals surface area contributed by atoms with Crippen molar-refractivity contribution in [1.82, 2.24) is 15.5 Å². The van der Waals surface area contributed by atoms with E-state index in [1.807, 2.05) is 0 Å². The van der Waals surface area contributed by atoms with Crippen molar-refractivity contribution in [3.8, 4) is 0 Å². The summed E-state index contributed by atoms with van der Waals surface area (Å²) >= 11 is 0. The molecule has 2 rings (SSSR count). The van der Waals surface area contributed by atoms with Crippen LogP contribution in [0, 0.1) is 13.8 Å². The quantitative estimate of drug-likeness (QED) is 0.378. The van der Waals surface area contributed by atoms with Crippen molar-refractivity contribution < 1.29 is 4.74 Å². The summed E-state index contributed by atoms with van der Waals surface area (Å²) in [6.45, 7) is 16.0. The second kappa shape index (κ2) is 11.8. The molecule has 0 aromatic heterocycles. The zero-order chi connectivity index (χ0) is 18.2. The number of benzene rings is 1. The molecule has 6 heteroatoms. The zero-order valence-corrected chi connectivity index (χ0v) is 19.2. The molecule has 1 fully saturated rings. The maximum Gasteiger partial charge on any atom is 0.191 e. The van der Waals surface area contributed by atoms with Gasteiger partial charge in [0.2, 0.25) is 0 Å². The molecule has 0 spiro atoms. The van der Waals surface area contributed by atoms with Crippen LogP contribution in [0.25, 0.3) is 0 Å². The highest BCUT2D eigenvalue weighted by atomic mass is 127. The minimum absolute atomic E-state index is 0. The third kappa shape index (κ3) is 7.04. The Morgan fingerprint density at radius 3 is 2.77 bits per heavy atom. The summed E-state index contributed by atoms with van der Waals surface area (Å²) in [4.78, 5) is 7.27. The monoisotopic (exact) mass is 474 g/mol. The molecule has 1 aromatic carbocycles. The van der Waals surface area contributed by atoms with Crippen molar-refractivity contribution in [2.24, 2.45) is 4.99 Å². The van der Waals surface area contributed by atoms with Crippen LogP contribution >= 0.6 is 24.0 Å². The second-order valence-electron chi connectivity index (χ2n) is 7.02. The number of halogens is 1.